The molecule has 3 rings (SSSR count). The number of nitrogens with one attached hydrogen (secondary N) is 1. The SMILES string of the molecule is C=C(C)C(=O)OCCNC(=O)OCC(COC(=O)CCC1CCC1C)(COC(=O)CCN1CC1)COC(=O)CCN1CC1. The summed E-state index contributed by atoms with van der Waals surface area (Å²) in [6, 6.07) is 0. The van der Waals surface area contributed by atoms with Crippen molar-refractivity contribution < 1.29 is 47.7 Å². The zero-order chi connectivity index (χ0) is 31.2. The van der Waals surface area contributed by atoms with Gasteiger partial charge in [0.15, 0.2) is 0 Å². The third-order valence-electron chi connectivity index (χ3n) is 7.94. The third-order valence-corrected chi connectivity index (χ3v) is 7.94. The molecule has 0 radical (unpaired) electrons. The summed E-state index contributed by atoms with van der Waals surface area (Å²) in [7, 11) is 0. The molecule has 3 aliphatic rings. The molecule has 43 heavy (non-hydrogen) atoms. The molecule has 2 saturated heterocycles. The highest BCUT2D eigenvalue weighted by molar-refractivity contribution is 5.86. The molecule has 2 heterocycles. The van der Waals surface area contributed by atoms with E-state index in [-0.39, 0.29) is 64.4 Å². The number of hydrogen-bond acceptors (Lipinski definition) is 12. The van der Waals surface area contributed by atoms with E-state index in [1.165, 1.54) is 6.92 Å². The van der Waals surface area contributed by atoms with Crippen LogP contribution in [-0.2, 0) is 42.9 Å². The van der Waals surface area contributed by atoms with Gasteiger partial charge in [-0.25, -0.2) is 9.59 Å². The minimum atomic E-state index is -1.33. The van der Waals surface area contributed by atoms with Gasteiger partial charge in [0.2, 0.25) is 0 Å². The number of nitrogens with zero attached hydrogens (tertiary/aromatic N) is 2. The molecule has 2 atom stereocenters. The maximum atomic E-state index is 12.7. The molecule has 0 aromatic carbocycles. The van der Waals surface area contributed by atoms with Crippen molar-refractivity contribution in [2.24, 2.45) is 17.3 Å². The van der Waals surface area contributed by atoms with Gasteiger partial charge >= 0.3 is 30.0 Å². The molecule has 0 spiro atoms. The normalized spacial score (nSPS) is 19.4. The summed E-state index contributed by atoms with van der Waals surface area (Å²) in [6.07, 6.45) is 2.73. The second-order valence-electron chi connectivity index (χ2n) is 11.9. The van der Waals surface area contributed by atoms with Gasteiger partial charge in [-0.15, -0.1) is 0 Å². The molecule has 1 aliphatic carbocycles. The van der Waals surface area contributed by atoms with Crippen LogP contribution in [0.3, 0.4) is 0 Å². The number of alkyl carbamates (subject to hydrolysis) is 1. The molecule has 2 aliphatic heterocycles. The van der Waals surface area contributed by atoms with E-state index in [4.69, 9.17) is 23.7 Å². The Morgan fingerprint density at radius 2 is 1.28 bits per heavy atom. The van der Waals surface area contributed by atoms with Crippen molar-refractivity contribution in [2.75, 3.05) is 78.8 Å². The van der Waals surface area contributed by atoms with Crippen molar-refractivity contribution in [3.8, 4) is 0 Å². The average molecular weight is 610 g/mol. The second-order valence-corrected chi connectivity index (χ2v) is 11.9. The number of ether oxygens (including phenoxy) is 5. The molecule has 13 heteroatoms. The van der Waals surface area contributed by atoms with Gasteiger partial charge in [0, 0.05) is 51.3 Å². The molecule has 13 nitrogen and oxygen atoms in total. The van der Waals surface area contributed by atoms with Crippen LogP contribution in [0.2, 0.25) is 0 Å². The summed E-state index contributed by atoms with van der Waals surface area (Å²) in [5.41, 5.74) is -1.09. The van der Waals surface area contributed by atoms with E-state index in [0.29, 0.717) is 24.9 Å². The highest BCUT2D eigenvalue weighted by atomic mass is 16.6. The highest BCUT2D eigenvalue weighted by Gasteiger charge is 2.38. The molecule has 0 aromatic rings. The van der Waals surface area contributed by atoms with Gasteiger partial charge in [-0.2, -0.15) is 0 Å². The largest absolute Gasteiger partial charge is 0.465 e. The standard InChI is InChI=1S/C30H47N3O10/c1-22(2)28(37)39-17-10-31-29(38)43-21-30(19-41-26(35)8-11-32-13-14-32,20-42-27(36)9-12-33-15-16-33)18-40-25(34)7-6-24-5-4-23(24)3/h23-24H,1,4-21H2,2-3H3,(H,31,38). The predicted molar refractivity (Wildman–Crippen MR) is 154 cm³/mol. The Balaban J connectivity index is 1.59. The van der Waals surface area contributed by atoms with Crippen molar-refractivity contribution >= 4 is 30.0 Å². The zero-order valence-corrected chi connectivity index (χ0v) is 25.6. The number of amides is 1. The first-order chi connectivity index (χ1) is 20.5. The van der Waals surface area contributed by atoms with E-state index in [1.807, 2.05) is 0 Å². The minimum absolute atomic E-state index is 0.0175. The number of rotatable bonds is 21. The Labute approximate surface area is 253 Å². The third kappa shape index (κ3) is 13.8. The van der Waals surface area contributed by atoms with Crippen molar-refractivity contribution in [3.05, 3.63) is 12.2 Å². The van der Waals surface area contributed by atoms with E-state index >= 15 is 0 Å². The smallest absolute Gasteiger partial charge is 0.407 e. The molecule has 1 saturated carbocycles. The Morgan fingerprint density at radius 1 is 0.767 bits per heavy atom. The molecule has 0 aromatic heterocycles. The maximum Gasteiger partial charge on any atom is 0.407 e. The molecule has 2 unspecified atom stereocenters. The van der Waals surface area contributed by atoms with Crippen LogP contribution in [0.1, 0.15) is 52.4 Å². The number of carbonyl (C=O) groups is 5. The first kappa shape index (κ1) is 34.3. The molecule has 0 bridgehead atoms. The number of carbonyl (C=O) groups excluding carboxylic acids is 5. The van der Waals surface area contributed by atoms with E-state index in [1.54, 1.807) is 0 Å². The maximum absolute atomic E-state index is 12.7. The topological polar surface area (TPSA) is 150 Å². The first-order valence-corrected chi connectivity index (χ1v) is 15.2. The zero-order valence-electron chi connectivity index (χ0n) is 25.6. The van der Waals surface area contributed by atoms with Gasteiger partial charge in [0.25, 0.3) is 0 Å². The van der Waals surface area contributed by atoms with Crippen LogP contribution in [0, 0.1) is 17.3 Å². The predicted octanol–water partition coefficient (Wildman–Crippen LogP) is 1.69. The highest BCUT2D eigenvalue weighted by Crippen LogP contribution is 2.37. The fraction of sp³-hybridized carbons (Fsp3) is 0.767. The van der Waals surface area contributed by atoms with Crippen LogP contribution in [0.15, 0.2) is 12.2 Å². The quantitative estimate of drug-likeness (QED) is 0.0663. The summed E-state index contributed by atoms with van der Waals surface area (Å²) in [4.78, 5) is 65.9. The monoisotopic (exact) mass is 609 g/mol. The van der Waals surface area contributed by atoms with Gasteiger partial charge in [0.05, 0.1) is 19.4 Å². The minimum Gasteiger partial charge on any atom is -0.465 e. The summed E-state index contributed by atoms with van der Waals surface area (Å²) in [6.45, 7) is 10.7. The van der Waals surface area contributed by atoms with E-state index in [9.17, 15) is 24.0 Å². The lowest BCUT2D eigenvalue weighted by Crippen LogP contribution is -2.45. The van der Waals surface area contributed by atoms with E-state index < -0.39 is 35.4 Å². The van der Waals surface area contributed by atoms with Crippen LogP contribution >= 0.6 is 0 Å². The van der Waals surface area contributed by atoms with Crippen molar-refractivity contribution in [1.82, 2.24) is 15.1 Å². The number of hydrogen-bond donors (Lipinski definition) is 1. The van der Waals surface area contributed by atoms with Gasteiger partial charge in [-0.05, 0) is 31.6 Å². The molecule has 1 amide bonds. The van der Waals surface area contributed by atoms with Crippen LogP contribution in [0.5, 0.6) is 0 Å². The van der Waals surface area contributed by atoms with Gasteiger partial charge in [-0.3, -0.25) is 14.4 Å². The summed E-state index contributed by atoms with van der Waals surface area (Å²) < 4.78 is 27.1. The van der Waals surface area contributed by atoms with Crippen LogP contribution in [0.25, 0.3) is 0 Å². The number of esters is 4. The van der Waals surface area contributed by atoms with Gasteiger partial charge in [-0.1, -0.05) is 19.9 Å². The van der Waals surface area contributed by atoms with Crippen LogP contribution < -0.4 is 5.32 Å². The second kappa shape index (κ2) is 17.2. The van der Waals surface area contributed by atoms with Crippen LogP contribution in [0.4, 0.5) is 4.79 Å². The lowest BCUT2D eigenvalue weighted by molar-refractivity contribution is -0.165. The molecule has 242 valence electrons. The summed E-state index contributed by atoms with van der Waals surface area (Å²) >= 11 is 0. The van der Waals surface area contributed by atoms with Crippen molar-refractivity contribution in [2.45, 2.75) is 52.4 Å². The Morgan fingerprint density at radius 3 is 1.72 bits per heavy atom. The Bertz CT molecular complexity index is 963. The van der Waals surface area contributed by atoms with E-state index in [0.717, 1.165) is 45.4 Å². The lowest BCUT2D eigenvalue weighted by Gasteiger charge is -2.34. The molecule has 1 N–H and O–H groups in total. The fourth-order valence-electron chi connectivity index (χ4n) is 4.41. The average Bonchev–Trinajstić information content (AvgIpc) is 3.91. The van der Waals surface area contributed by atoms with E-state index in [2.05, 4.69) is 28.6 Å². The fourth-order valence-corrected chi connectivity index (χ4v) is 4.41. The first-order valence-electron chi connectivity index (χ1n) is 15.2. The molecular formula is C30H47N3O10. The Hall–Kier alpha value is -3.19. The molecular weight excluding hydrogens is 562 g/mol. The van der Waals surface area contributed by atoms with Gasteiger partial charge < -0.3 is 38.8 Å². The summed E-state index contributed by atoms with van der Waals surface area (Å²) in [5.74, 6) is -0.848. The van der Waals surface area contributed by atoms with Gasteiger partial charge in [0.1, 0.15) is 38.4 Å². The lowest BCUT2D eigenvalue weighted by atomic mass is 9.73. The van der Waals surface area contributed by atoms with Crippen molar-refractivity contribution in [1.29, 1.82) is 0 Å². The summed E-state index contributed by atoms with van der Waals surface area (Å²) in [5, 5.41) is 2.47. The van der Waals surface area contributed by atoms with Crippen molar-refractivity contribution in [3.63, 3.8) is 0 Å². The Kier molecular flexibility index (Phi) is 13.7. The van der Waals surface area contributed by atoms with Crippen LogP contribution in [-0.4, -0.2) is 119 Å². The molecule has 3 fully saturated rings.